The molecule has 0 aliphatic heterocycles. The van der Waals surface area contributed by atoms with Gasteiger partial charge in [0, 0.05) is 12.8 Å². The molecule has 0 atom stereocenters. The first-order chi connectivity index (χ1) is 14.7. The summed E-state index contributed by atoms with van der Waals surface area (Å²) in [7, 11) is 0. The van der Waals surface area contributed by atoms with Gasteiger partial charge in [-0.05, 0) is 24.0 Å². The predicted molar refractivity (Wildman–Crippen MR) is 117 cm³/mol. The molecule has 0 saturated heterocycles. The molecule has 0 bridgehead atoms. The van der Waals surface area contributed by atoms with Crippen molar-refractivity contribution in [2.24, 2.45) is 5.10 Å². The van der Waals surface area contributed by atoms with Crippen molar-refractivity contribution in [2.75, 3.05) is 6.54 Å². The van der Waals surface area contributed by atoms with Crippen LogP contribution in [0.2, 0.25) is 0 Å². The zero-order valence-corrected chi connectivity index (χ0v) is 17.5. The second-order valence-corrected chi connectivity index (χ2v) is 6.01. The molecule has 2 aromatic carbocycles. The van der Waals surface area contributed by atoms with Crippen LogP contribution in [0, 0.1) is 0 Å². The van der Waals surface area contributed by atoms with Crippen LogP contribution in [0.3, 0.4) is 0 Å². The number of hydrogen-bond acceptors (Lipinski definition) is 6. The van der Waals surface area contributed by atoms with Crippen molar-refractivity contribution in [3.05, 3.63) is 71.8 Å². The van der Waals surface area contributed by atoms with Gasteiger partial charge in [-0.1, -0.05) is 74.5 Å². The van der Waals surface area contributed by atoms with Gasteiger partial charge in [0.1, 0.15) is 13.2 Å². The van der Waals surface area contributed by atoms with E-state index in [9.17, 15) is 9.59 Å². The van der Waals surface area contributed by atoms with Gasteiger partial charge in [-0.3, -0.25) is 5.43 Å². The normalized spacial score (nSPS) is 9.93. The number of hydrazone groups is 1. The minimum absolute atomic E-state index is 0.258. The molecular weight excluding hydrogens is 384 g/mol. The zero-order chi connectivity index (χ0) is 21.9. The van der Waals surface area contributed by atoms with E-state index >= 15 is 0 Å². The van der Waals surface area contributed by atoms with E-state index in [2.05, 4.69) is 21.4 Å². The lowest BCUT2D eigenvalue weighted by Gasteiger charge is -2.07. The standard InChI is InChI=1S/C11H16N2O2.C11H14N2O2/c2*1-2-8-12-13-11(14)15-9-10-6-4-3-5-7-10/h3-7,12H,2,8-9H2,1H3,(H,13,14);3-8H,2,9H2,1H3,(H,13,14)/b;12-8+. The van der Waals surface area contributed by atoms with Gasteiger partial charge in [-0.25, -0.2) is 20.4 Å². The molecule has 30 heavy (non-hydrogen) atoms. The van der Waals surface area contributed by atoms with Crippen molar-refractivity contribution < 1.29 is 19.1 Å². The van der Waals surface area contributed by atoms with Crippen molar-refractivity contribution in [3.63, 3.8) is 0 Å². The van der Waals surface area contributed by atoms with Gasteiger partial charge < -0.3 is 9.47 Å². The number of amides is 2. The van der Waals surface area contributed by atoms with Crippen LogP contribution in [0.1, 0.15) is 37.8 Å². The monoisotopic (exact) mass is 414 g/mol. The van der Waals surface area contributed by atoms with Crippen LogP contribution in [0.4, 0.5) is 9.59 Å². The maximum atomic E-state index is 11.1. The first kappa shape index (κ1) is 24.6. The average Bonchev–Trinajstić information content (AvgIpc) is 2.78. The molecule has 162 valence electrons. The first-order valence-electron chi connectivity index (χ1n) is 9.83. The molecule has 0 heterocycles. The molecule has 8 nitrogen and oxygen atoms in total. The van der Waals surface area contributed by atoms with Gasteiger partial charge in [0.05, 0.1) is 0 Å². The molecule has 0 radical (unpaired) electrons. The number of nitrogens with one attached hydrogen (secondary N) is 3. The summed E-state index contributed by atoms with van der Waals surface area (Å²) in [5.74, 6) is 0. The second kappa shape index (κ2) is 16.6. The Hall–Kier alpha value is -3.39. The van der Waals surface area contributed by atoms with Crippen LogP contribution in [0.15, 0.2) is 65.8 Å². The minimum Gasteiger partial charge on any atom is -0.444 e. The Labute approximate surface area is 177 Å². The average molecular weight is 415 g/mol. The topological polar surface area (TPSA) is 101 Å². The van der Waals surface area contributed by atoms with Gasteiger partial charge in [0.2, 0.25) is 0 Å². The third-order valence-corrected chi connectivity index (χ3v) is 3.42. The summed E-state index contributed by atoms with van der Waals surface area (Å²) in [6, 6.07) is 19.0. The van der Waals surface area contributed by atoms with E-state index in [0.29, 0.717) is 6.61 Å². The lowest BCUT2D eigenvalue weighted by atomic mass is 10.2. The molecule has 0 aliphatic rings. The Morgan fingerprint density at radius 2 is 1.40 bits per heavy atom. The van der Waals surface area contributed by atoms with E-state index in [1.54, 1.807) is 6.21 Å². The Morgan fingerprint density at radius 3 is 1.90 bits per heavy atom. The Kier molecular flexibility index (Phi) is 13.6. The number of rotatable bonds is 9. The number of hydrogen-bond donors (Lipinski definition) is 3. The van der Waals surface area contributed by atoms with Crippen LogP contribution in [-0.2, 0) is 22.7 Å². The van der Waals surface area contributed by atoms with Crippen molar-refractivity contribution in [1.82, 2.24) is 16.3 Å². The van der Waals surface area contributed by atoms with E-state index < -0.39 is 12.2 Å². The SMILES string of the molecule is CC/C=N/NC(=O)OCc1ccccc1.CCCNNC(=O)OCc1ccccc1. The molecule has 0 aromatic heterocycles. The molecule has 3 N–H and O–H groups in total. The number of ether oxygens (including phenoxy) is 2. The van der Waals surface area contributed by atoms with Crippen LogP contribution in [-0.4, -0.2) is 24.9 Å². The molecule has 2 amide bonds. The summed E-state index contributed by atoms with van der Waals surface area (Å²) < 4.78 is 9.87. The molecule has 0 unspecified atom stereocenters. The maximum absolute atomic E-state index is 11.1. The number of benzene rings is 2. The summed E-state index contributed by atoms with van der Waals surface area (Å²) in [5, 5.41) is 3.65. The van der Waals surface area contributed by atoms with Crippen LogP contribution >= 0.6 is 0 Å². The van der Waals surface area contributed by atoms with E-state index in [1.807, 2.05) is 74.5 Å². The highest BCUT2D eigenvalue weighted by molar-refractivity contribution is 5.69. The zero-order valence-electron chi connectivity index (χ0n) is 17.5. The Balaban J connectivity index is 0.000000300. The second-order valence-electron chi connectivity index (χ2n) is 6.01. The van der Waals surface area contributed by atoms with Gasteiger partial charge in [0.15, 0.2) is 0 Å². The smallest absolute Gasteiger partial charge is 0.428 e. The molecular formula is C22H30N4O4. The quantitative estimate of drug-likeness (QED) is 0.325. The summed E-state index contributed by atoms with van der Waals surface area (Å²) in [6.45, 7) is 5.24. The molecule has 0 saturated carbocycles. The summed E-state index contributed by atoms with van der Waals surface area (Å²) in [5.41, 5.74) is 9.38. The van der Waals surface area contributed by atoms with Crippen LogP contribution < -0.4 is 16.3 Å². The fourth-order valence-electron chi connectivity index (χ4n) is 1.96. The first-order valence-corrected chi connectivity index (χ1v) is 9.83. The van der Waals surface area contributed by atoms with Crippen LogP contribution in [0.25, 0.3) is 0 Å². The van der Waals surface area contributed by atoms with Crippen LogP contribution in [0.5, 0.6) is 0 Å². The number of carbonyl (C=O) groups excluding carboxylic acids is 2. The van der Waals surface area contributed by atoms with Crippen molar-refractivity contribution >= 4 is 18.4 Å². The number of hydrazine groups is 1. The highest BCUT2D eigenvalue weighted by Gasteiger charge is 2.00. The molecule has 2 aromatic rings. The molecule has 2 rings (SSSR count). The van der Waals surface area contributed by atoms with Gasteiger partial charge in [0.25, 0.3) is 0 Å². The van der Waals surface area contributed by atoms with Crippen molar-refractivity contribution in [2.45, 2.75) is 39.9 Å². The van der Waals surface area contributed by atoms with E-state index in [1.165, 1.54) is 0 Å². The maximum Gasteiger partial charge on any atom is 0.428 e. The predicted octanol–water partition coefficient (Wildman–Crippen LogP) is 4.14. The highest BCUT2D eigenvalue weighted by Crippen LogP contribution is 2.01. The lowest BCUT2D eigenvalue weighted by molar-refractivity contribution is 0.135. The fraction of sp³-hybridized carbons (Fsp3) is 0.318. The van der Waals surface area contributed by atoms with Crippen molar-refractivity contribution in [1.29, 1.82) is 0 Å². The molecule has 0 aliphatic carbocycles. The molecule has 0 spiro atoms. The molecule has 8 heteroatoms. The lowest BCUT2D eigenvalue weighted by Crippen LogP contribution is -2.38. The third kappa shape index (κ3) is 12.9. The van der Waals surface area contributed by atoms with Crippen molar-refractivity contribution in [3.8, 4) is 0 Å². The Bertz CT molecular complexity index is 739. The number of nitrogens with zero attached hydrogens (tertiary/aromatic N) is 1. The summed E-state index contributed by atoms with van der Waals surface area (Å²) >= 11 is 0. The minimum atomic E-state index is -0.538. The van der Waals surface area contributed by atoms with E-state index in [-0.39, 0.29) is 6.61 Å². The summed E-state index contributed by atoms with van der Waals surface area (Å²) in [4.78, 5) is 22.1. The highest BCUT2D eigenvalue weighted by atomic mass is 16.6. The van der Waals surface area contributed by atoms with Gasteiger partial charge >= 0.3 is 12.2 Å². The number of carbonyl (C=O) groups is 2. The van der Waals surface area contributed by atoms with E-state index in [4.69, 9.17) is 9.47 Å². The van der Waals surface area contributed by atoms with Gasteiger partial charge in [-0.2, -0.15) is 5.10 Å². The molecule has 0 fully saturated rings. The largest absolute Gasteiger partial charge is 0.444 e. The van der Waals surface area contributed by atoms with Gasteiger partial charge in [-0.15, -0.1) is 0 Å². The summed E-state index contributed by atoms with van der Waals surface area (Å²) in [6.07, 6.45) is 2.35. The third-order valence-electron chi connectivity index (χ3n) is 3.42. The fourth-order valence-corrected chi connectivity index (χ4v) is 1.96. The van der Waals surface area contributed by atoms with E-state index in [0.717, 1.165) is 30.5 Å². The Morgan fingerprint density at radius 1 is 0.867 bits per heavy atom.